The number of aryl methyl sites for hydroxylation is 1. The average molecular weight is 152 g/mol. The van der Waals surface area contributed by atoms with Gasteiger partial charge in [-0.05, 0) is 13.8 Å². The van der Waals surface area contributed by atoms with Crippen molar-refractivity contribution in [1.29, 1.82) is 0 Å². The van der Waals surface area contributed by atoms with Gasteiger partial charge in [0.25, 0.3) is 0 Å². The van der Waals surface area contributed by atoms with Gasteiger partial charge in [0.05, 0.1) is 0 Å². The summed E-state index contributed by atoms with van der Waals surface area (Å²) in [6, 6.07) is 0. The summed E-state index contributed by atoms with van der Waals surface area (Å²) >= 11 is 0. The molecule has 0 amide bonds. The van der Waals surface area contributed by atoms with Crippen molar-refractivity contribution < 1.29 is 0 Å². The van der Waals surface area contributed by atoms with Gasteiger partial charge in [-0.2, -0.15) is 0 Å². The Bertz CT molecular complexity index is 330. The topological polar surface area (TPSA) is 26.9 Å². The van der Waals surface area contributed by atoms with Crippen molar-refractivity contribution in [2.45, 2.75) is 13.8 Å². The molecule has 3 nitrogen and oxygen atoms in total. The zero-order valence-corrected chi connectivity index (χ0v) is 7.03. The number of aromatic nitrogens is 2. The van der Waals surface area contributed by atoms with Crippen molar-refractivity contribution >= 4 is 5.70 Å². The van der Waals surface area contributed by atoms with E-state index < -0.39 is 0 Å². The van der Waals surface area contributed by atoms with Crippen molar-refractivity contribution in [3.05, 3.63) is 29.0 Å². The van der Waals surface area contributed by atoms with Crippen LogP contribution >= 0.6 is 0 Å². The zero-order chi connectivity index (χ0) is 8.43. The van der Waals surface area contributed by atoms with Crippen LogP contribution in [0.4, 0.5) is 0 Å². The Hall–Kier alpha value is -1.25. The SMILES string of the molecule is C/C=C(/C)n1ccn(C)c1=O. The summed E-state index contributed by atoms with van der Waals surface area (Å²) in [6.07, 6.45) is 5.41. The minimum Gasteiger partial charge on any atom is -0.302 e. The van der Waals surface area contributed by atoms with Crippen molar-refractivity contribution in [1.82, 2.24) is 9.13 Å². The number of allylic oxidation sites excluding steroid dienone is 2. The lowest BCUT2D eigenvalue weighted by molar-refractivity contribution is 0.828. The minimum atomic E-state index is 0.000556. The monoisotopic (exact) mass is 152 g/mol. The Kier molecular flexibility index (Phi) is 1.98. The van der Waals surface area contributed by atoms with Crippen LogP contribution in [-0.2, 0) is 7.05 Å². The lowest BCUT2D eigenvalue weighted by Crippen LogP contribution is -2.20. The lowest BCUT2D eigenvalue weighted by atomic mass is 10.4. The fourth-order valence-electron chi connectivity index (χ4n) is 0.872. The van der Waals surface area contributed by atoms with Crippen molar-refractivity contribution in [3.8, 4) is 0 Å². The number of hydrogen-bond donors (Lipinski definition) is 0. The van der Waals surface area contributed by atoms with E-state index in [4.69, 9.17) is 0 Å². The number of nitrogens with zero attached hydrogens (tertiary/aromatic N) is 2. The van der Waals surface area contributed by atoms with Gasteiger partial charge in [0.15, 0.2) is 0 Å². The molecule has 1 aromatic rings. The Labute approximate surface area is 65.6 Å². The minimum absolute atomic E-state index is 0.000556. The van der Waals surface area contributed by atoms with Crippen LogP contribution in [0.3, 0.4) is 0 Å². The molecule has 0 aromatic carbocycles. The van der Waals surface area contributed by atoms with E-state index in [-0.39, 0.29) is 5.69 Å². The summed E-state index contributed by atoms with van der Waals surface area (Å²) in [6.45, 7) is 3.82. The maximum Gasteiger partial charge on any atom is 0.332 e. The molecule has 0 unspecified atom stereocenters. The number of hydrogen-bond acceptors (Lipinski definition) is 1. The summed E-state index contributed by atoms with van der Waals surface area (Å²) in [5.74, 6) is 0. The van der Waals surface area contributed by atoms with E-state index in [2.05, 4.69) is 0 Å². The normalized spacial score (nSPS) is 12.1. The number of rotatable bonds is 1. The molecule has 0 atom stereocenters. The fraction of sp³-hybridized carbons (Fsp3) is 0.375. The molecule has 1 heterocycles. The van der Waals surface area contributed by atoms with Gasteiger partial charge in [0.2, 0.25) is 0 Å². The second-order valence-corrected chi connectivity index (χ2v) is 2.49. The number of imidazole rings is 1. The van der Waals surface area contributed by atoms with Crippen LogP contribution in [0.25, 0.3) is 5.70 Å². The van der Waals surface area contributed by atoms with E-state index in [0.717, 1.165) is 5.70 Å². The fourth-order valence-corrected chi connectivity index (χ4v) is 0.872. The summed E-state index contributed by atoms with van der Waals surface area (Å²) in [5, 5.41) is 0. The highest BCUT2D eigenvalue weighted by atomic mass is 16.1. The van der Waals surface area contributed by atoms with Crippen LogP contribution in [0.1, 0.15) is 13.8 Å². The standard InChI is InChI=1S/C8H12N2O/c1-4-7(2)10-6-5-9(3)8(10)11/h4-6H,1-3H3/b7-4-. The quantitative estimate of drug-likeness (QED) is 0.591. The first kappa shape index (κ1) is 7.85. The molecule has 1 rings (SSSR count). The molecule has 0 aliphatic rings. The third kappa shape index (κ3) is 1.27. The van der Waals surface area contributed by atoms with Gasteiger partial charge in [0, 0.05) is 25.1 Å². The van der Waals surface area contributed by atoms with Crippen LogP contribution < -0.4 is 5.69 Å². The molecule has 0 bridgehead atoms. The van der Waals surface area contributed by atoms with Crippen LogP contribution in [0.15, 0.2) is 23.3 Å². The van der Waals surface area contributed by atoms with Gasteiger partial charge in [-0.25, -0.2) is 4.79 Å². The van der Waals surface area contributed by atoms with Gasteiger partial charge in [0.1, 0.15) is 0 Å². The first-order valence-corrected chi connectivity index (χ1v) is 3.54. The molecule has 0 aliphatic carbocycles. The lowest BCUT2D eigenvalue weighted by Gasteiger charge is -1.97. The Balaban J connectivity index is 3.26. The second-order valence-electron chi connectivity index (χ2n) is 2.49. The summed E-state index contributed by atoms with van der Waals surface area (Å²) in [5.41, 5.74) is 0.955. The van der Waals surface area contributed by atoms with Gasteiger partial charge in [-0.15, -0.1) is 0 Å². The molecule has 0 fully saturated rings. The van der Waals surface area contributed by atoms with Crippen LogP contribution in [0.5, 0.6) is 0 Å². The molecule has 1 aromatic heterocycles. The highest BCUT2D eigenvalue weighted by molar-refractivity contribution is 5.40. The van der Waals surface area contributed by atoms with Gasteiger partial charge < -0.3 is 4.57 Å². The predicted octanol–water partition coefficient (Wildman–Crippen LogP) is 1.07. The van der Waals surface area contributed by atoms with Crippen LogP contribution in [-0.4, -0.2) is 9.13 Å². The van der Waals surface area contributed by atoms with Crippen molar-refractivity contribution in [3.63, 3.8) is 0 Å². The first-order chi connectivity index (χ1) is 5.16. The first-order valence-electron chi connectivity index (χ1n) is 3.54. The molecular weight excluding hydrogens is 140 g/mol. The van der Waals surface area contributed by atoms with E-state index in [0.29, 0.717) is 0 Å². The summed E-state index contributed by atoms with van der Waals surface area (Å²) in [7, 11) is 1.74. The molecular formula is C8H12N2O. The smallest absolute Gasteiger partial charge is 0.302 e. The molecule has 0 saturated carbocycles. The molecule has 3 heteroatoms. The summed E-state index contributed by atoms with van der Waals surface area (Å²) < 4.78 is 3.16. The van der Waals surface area contributed by atoms with E-state index in [1.807, 2.05) is 19.9 Å². The maximum atomic E-state index is 11.3. The van der Waals surface area contributed by atoms with Crippen LogP contribution in [0.2, 0.25) is 0 Å². The molecule has 0 spiro atoms. The van der Waals surface area contributed by atoms with E-state index in [1.54, 1.807) is 28.6 Å². The third-order valence-corrected chi connectivity index (χ3v) is 1.74. The Morgan fingerprint density at radius 1 is 1.55 bits per heavy atom. The molecule has 0 N–H and O–H groups in total. The molecule has 60 valence electrons. The van der Waals surface area contributed by atoms with E-state index in [1.165, 1.54) is 0 Å². The summed E-state index contributed by atoms with van der Waals surface area (Å²) in [4.78, 5) is 11.3. The van der Waals surface area contributed by atoms with Gasteiger partial charge >= 0.3 is 5.69 Å². The molecule has 0 saturated heterocycles. The maximum absolute atomic E-state index is 11.3. The highest BCUT2D eigenvalue weighted by Crippen LogP contribution is 1.97. The molecule has 0 aliphatic heterocycles. The highest BCUT2D eigenvalue weighted by Gasteiger charge is 1.98. The second kappa shape index (κ2) is 2.78. The van der Waals surface area contributed by atoms with Crippen molar-refractivity contribution in [2.75, 3.05) is 0 Å². The van der Waals surface area contributed by atoms with E-state index >= 15 is 0 Å². The van der Waals surface area contributed by atoms with Crippen molar-refractivity contribution in [2.24, 2.45) is 7.05 Å². The van der Waals surface area contributed by atoms with Gasteiger partial charge in [-0.1, -0.05) is 6.08 Å². The third-order valence-electron chi connectivity index (χ3n) is 1.74. The average Bonchev–Trinajstić information content (AvgIpc) is 2.32. The van der Waals surface area contributed by atoms with E-state index in [9.17, 15) is 4.79 Å². The zero-order valence-electron chi connectivity index (χ0n) is 7.03. The molecule has 11 heavy (non-hydrogen) atoms. The Morgan fingerprint density at radius 3 is 2.55 bits per heavy atom. The largest absolute Gasteiger partial charge is 0.332 e. The van der Waals surface area contributed by atoms with Crippen LogP contribution in [0, 0.1) is 0 Å². The molecule has 0 radical (unpaired) electrons. The predicted molar refractivity (Wildman–Crippen MR) is 45.3 cm³/mol. The van der Waals surface area contributed by atoms with Gasteiger partial charge in [-0.3, -0.25) is 4.57 Å². The Morgan fingerprint density at radius 2 is 2.18 bits per heavy atom.